The minimum Gasteiger partial charge on any atom is -0.462 e. The molecule has 5 rings (SSSR count). The van der Waals surface area contributed by atoms with E-state index in [9.17, 15) is 18.4 Å². The molecule has 2 fully saturated rings. The molecule has 11 heteroatoms. The van der Waals surface area contributed by atoms with Crippen molar-refractivity contribution in [2.75, 3.05) is 55.7 Å². The van der Waals surface area contributed by atoms with Gasteiger partial charge in [0.05, 0.1) is 18.8 Å². The number of hydrogen-bond donors (Lipinski definition) is 0. The zero-order chi connectivity index (χ0) is 31.4. The van der Waals surface area contributed by atoms with E-state index in [1.807, 2.05) is 23.1 Å². The van der Waals surface area contributed by atoms with Crippen LogP contribution in [0.2, 0.25) is 5.02 Å². The largest absolute Gasteiger partial charge is 0.462 e. The molecular weight excluding hydrogens is 588 g/mol. The normalized spacial score (nSPS) is 17.5. The third-order valence-corrected chi connectivity index (χ3v) is 8.57. The van der Waals surface area contributed by atoms with E-state index >= 15 is 0 Å². The van der Waals surface area contributed by atoms with Crippen LogP contribution < -0.4 is 9.80 Å². The number of carbonyl (C=O) groups is 2. The van der Waals surface area contributed by atoms with Gasteiger partial charge in [0.2, 0.25) is 5.91 Å². The molecule has 236 valence electrons. The standard InChI is InChI=1S/C33H40ClF2N5O3/c1-4-44-33(43)28-20-37-41(31(28)32(35)36)26-6-5-13-40(21-26)29-19-24(34)9-12-27(29)23-7-10-25(11-8-23)38-14-16-39(17-15-38)30(42)18-22(2)3/h7-12,19-20,22,26,32H,4-6,13-18,21H2,1-3H3. The highest BCUT2D eigenvalue weighted by Gasteiger charge is 2.32. The van der Waals surface area contributed by atoms with Crippen LogP contribution in [0.4, 0.5) is 20.2 Å². The molecule has 2 aliphatic rings. The van der Waals surface area contributed by atoms with Crippen LogP contribution in [0.25, 0.3) is 11.1 Å². The van der Waals surface area contributed by atoms with Crippen LogP contribution in [0.15, 0.2) is 48.7 Å². The van der Waals surface area contributed by atoms with Crippen LogP contribution in [-0.4, -0.2) is 72.4 Å². The van der Waals surface area contributed by atoms with Crippen molar-refractivity contribution in [3.63, 3.8) is 0 Å². The summed E-state index contributed by atoms with van der Waals surface area (Å²) in [6.45, 7) is 10.1. The lowest BCUT2D eigenvalue weighted by molar-refractivity contribution is -0.132. The number of carbonyl (C=O) groups excluding carboxylic acids is 2. The summed E-state index contributed by atoms with van der Waals surface area (Å²) in [5, 5.41) is 4.82. The number of rotatable bonds is 9. The number of halogens is 3. The van der Waals surface area contributed by atoms with Crippen LogP contribution in [0.1, 0.15) is 68.6 Å². The number of ether oxygens (including phenoxy) is 1. The van der Waals surface area contributed by atoms with Crippen molar-refractivity contribution >= 4 is 34.9 Å². The van der Waals surface area contributed by atoms with E-state index in [1.54, 1.807) is 6.92 Å². The Kier molecular flexibility index (Phi) is 10.1. The number of aromatic nitrogens is 2. The SMILES string of the molecule is CCOC(=O)c1cnn(C2CCCN(c3cc(Cl)ccc3-c3ccc(N4CCN(C(=O)CC(C)C)CC4)cc3)C2)c1C(F)F. The van der Waals surface area contributed by atoms with Crippen LogP contribution in [0.5, 0.6) is 0 Å². The van der Waals surface area contributed by atoms with E-state index in [4.69, 9.17) is 16.3 Å². The molecule has 2 saturated heterocycles. The van der Waals surface area contributed by atoms with Crippen molar-refractivity contribution < 1.29 is 23.1 Å². The predicted octanol–water partition coefficient (Wildman–Crippen LogP) is 6.85. The van der Waals surface area contributed by atoms with Gasteiger partial charge in [-0.2, -0.15) is 5.10 Å². The zero-order valence-electron chi connectivity index (χ0n) is 25.5. The Morgan fingerprint density at radius 3 is 2.41 bits per heavy atom. The number of anilines is 2. The maximum atomic E-state index is 14.2. The van der Waals surface area contributed by atoms with E-state index < -0.39 is 18.1 Å². The van der Waals surface area contributed by atoms with Crippen LogP contribution in [-0.2, 0) is 9.53 Å². The van der Waals surface area contributed by atoms with Gasteiger partial charge in [0.15, 0.2) is 0 Å². The number of amides is 1. The van der Waals surface area contributed by atoms with E-state index in [2.05, 4.69) is 53.0 Å². The average molecular weight is 628 g/mol. The summed E-state index contributed by atoms with van der Waals surface area (Å²) in [6, 6.07) is 13.8. The highest BCUT2D eigenvalue weighted by Crippen LogP contribution is 2.38. The summed E-state index contributed by atoms with van der Waals surface area (Å²) in [7, 11) is 0. The Labute approximate surface area is 262 Å². The van der Waals surface area contributed by atoms with E-state index in [1.165, 1.54) is 10.9 Å². The van der Waals surface area contributed by atoms with Gasteiger partial charge in [-0.3, -0.25) is 9.48 Å². The summed E-state index contributed by atoms with van der Waals surface area (Å²) in [5.74, 6) is -0.210. The summed E-state index contributed by atoms with van der Waals surface area (Å²) in [6.07, 6.45) is 0.323. The van der Waals surface area contributed by atoms with Crippen molar-refractivity contribution in [1.82, 2.24) is 14.7 Å². The van der Waals surface area contributed by atoms with E-state index in [0.717, 1.165) is 61.6 Å². The molecular formula is C33H40ClF2N5O3. The first kappa shape index (κ1) is 31.8. The fourth-order valence-electron chi connectivity index (χ4n) is 6.17. The number of piperazine rings is 1. The Morgan fingerprint density at radius 2 is 1.75 bits per heavy atom. The van der Waals surface area contributed by atoms with Crippen molar-refractivity contribution in [1.29, 1.82) is 0 Å². The second-order valence-corrected chi connectivity index (χ2v) is 12.3. The minimum absolute atomic E-state index is 0.0957. The third-order valence-electron chi connectivity index (χ3n) is 8.34. The Hall–Kier alpha value is -3.66. The smallest absolute Gasteiger partial charge is 0.341 e. The van der Waals surface area contributed by atoms with Crippen molar-refractivity contribution in [2.24, 2.45) is 5.92 Å². The van der Waals surface area contributed by atoms with Crippen LogP contribution >= 0.6 is 11.6 Å². The molecule has 3 aromatic rings. The van der Waals surface area contributed by atoms with Gasteiger partial charge in [-0.15, -0.1) is 0 Å². The second-order valence-electron chi connectivity index (χ2n) is 11.8. The van der Waals surface area contributed by atoms with Gasteiger partial charge in [0, 0.05) is 67.7 Å². The first-order chi connectivity index (χ1) is 21.2. The van der Waals surface area contributed by atoms with Gasteiger partial charge in [-0.25, -0.2) is 13.6 Å². The molecule has 44 heavy (non-hydrogen) atoms. The number of nitrogens with zero attached hydrogens (tertiary/aromatic N) is 5. The van der Waals surface area contributed by atoms with Crippen molar-refractivity contribution in [3.05, 3.63) is 64.9 Å². The second kappa shape index (κ2) is 14.0. The predicted molar refractivity (Wildman–Crippen MR) is 169 cm³/mol. The van der Waals surface area contributed by atoms with Crippen LogP contribution in [0, 0.1) is 5.92 Å². The van der Waals surface area contributed by atoms with Gasteiger partial charge in [-0.1, -0.05) is 43.6 Å². The summed E-state index contributed by atoms with van der Waals surface area (Å²) in [4.78, 5) is 31.2. The Balaban J connectivity index is 1.33. The van der Waals surface area contributed by atoms with Gasteiger partial charge >= 0.3 is 5.97 Å². The first-order valence-corrected chi connectivity index (χ1v) is 15.7. The molecule has 3 heterocycles. The summed E-state index contributed by atoms with van der Waals surface area (Å²) < 4.78 is 34.7. The molecule has 0 bridgehead atoms. The average Bonchev–Trinajstić information content (AvgIpc) is 3.47. The first-order valence-electron chi connectivity index (χ1n) is 15.4. The molecule has 1 atom stereocenters. The summed E-state index contributed by atoms with van der Waals surface area (Å²) in [5.41, 5.74) is 3.45. The highest BCUT2D eigenvalue weighted by molar-refractivity contribution is 6.31. The molecule has 8 nitrogen and oxygen atoms in total. The fourth-order valence-corrected chi connectivity index (χ4v) is 6.34. The molecule has 0 spiro atoms. The minimum atomic E-state index is -2.86. The number of piperidine rings is 1. The lowest BCUT2D eigenvalue weighted by Crippen LogP contribution is -2.49. The van der Waals surface area contributed by atoms with Gasteiger partial charge < -0.3 is 19.4 Å². The maximum Gasteiger partial charge on any atom is 0.341 e. The number of hydrogen-bond acceptors (Lipinski definition) is 6. The number of benzene rings is 2. The molecule has 2 aromatic carbocycles. The Morgan fingerprint density at radius 1 is 1.02 bits per heavy atom. The molecule has 0 saturated carbocycles. The Bertz CT molecular complexity index is 1450. The van der Waals surface area contributed by atoms with E-state index in [0.29, 0.717) is 30.3 Å². The molecule has 1 aromatic heterocycles. The lowest BCUT2D eigenvalue weighted by atomic mass is 9.99. The van der Waals surface area contributed by atoms with Gasteiger partial charge in [-0.05, 0) is 55.5 Å². The number of esters is 1. The molecule has 1 amide bonds. The van der Waals surface area contributed by atoms with Gasteiger partial charge in [0.25, 0.3) is 6.43 Å². The highest BCUT2D eigenvalue weighted by atomic mass is 35.5. The zero-order valence-corrected chi connectivity index (χ0v) is 26.3. The molecule has 1 unspecified atom stereocenters. The quantitative estimate of drug-likeness (QED) is 0.242. The number of alkyl halides is 2. The maximum absolute atomic E-state index is 14.2. The van der Waals surface area contributed by atoms with E-state index in [-0.39, 0.29) is 24.1 Å². The molecule has 2 aliphatic heterocycles. The molecule has 0 aliphatic carbocycles. The lowest BCUT2D eigenvalue weighted by Gasteiger charge is -2.37. The monoisotopic (exact) mass is 627 g/mol. The van der Waals surface area contributed by atoms with Gasteiger partial charge in [0.1, 0.15) is 11.3 Å². The topological polar surface area (TPSA) is 70.9 Å². The molecule has 0 N–H and O–H groups in total. The molecule has 0 radical (unpaired) electrons. The fraction of sp³-hybridized carbons (Fsp3) is 0.485. The van der Waals surface area contributed by atoms with Crippen LogP contribution in [0.3, 0.4) is 0 Å². The van der Waals surface area contributed by atoms with Crippen molar-refractivity contribution in [2.45, 2.75) is 52.5 Å². The third kappa shape index (κ3) is 7.01. The van der Waals surface area contributed by atoms with Crippen molar-refractivity contribution in [3.8, 4) is 11.1 Å². The summed E-state index contributed by atoms with van der Waals surface area (Å²) >= 11 is 6.47.